The topological polar surface area (TPSA) is 50.2 Å². The van der Waals surface area contributed by atoms with Gasteiger partial charge in [0.25, 0.3) is 0 Å². The maximum Gasteiger partial charge on any atom is 0.169 e. The van der Waals surface area contributed by atoms with Gasteiger partial charge in [-0.05, 0) is 31.9 Å². The Bertz CT molecular complexity index is 860. The molecule has 1 fully saturated rings. The van der Waals surface area contributed by atoms with Crippen LogP contribution in [-0.2, 0) is 4.79 Å². The molecular formula is C20H20ClNO2S. The molecule has 0 radical (unpaired) electrons. The molecule has 2 aliphatic rings. The molecular weight excluding hydrogens is 354 g/mol. The molecule has 3 nitrogen and oxygen atoms in total. The second-order valence-electron chi connectivity index (χ2n) is 7.10. The van der Waals surface area contributed by atoms with Gasteiger partial charge in [-0.3, -0.25) is 4.79 Å². The molecule has 0 atom stereocenters. The number of aliphatic hydroxyl groups is 1. The van der Waals surface area contributed by atoms with Crippen molar-refractivity contribution in [2.24, 2.45) is 5.41 Å². The molecule has 130 valence electrons. The SMILES string of the molecule is Cc1sc(-c2ccc(Cl)cc2)nc1C1=C(O)C2(CCCCC2)CC1=O. The molecule has 2 aliphatic carbocycles. The van der Waals surface area contributed by atoms with Crippen LogP contribution in [0.5, 0.6) is 0 Å². The normalized spacial score (nSPS) is 19.8. The molecule has 0 bridgehead atoms. The highest BCUT2D eigenvalue weighted by molar-refractivity contribution is 7.15. The van der Waals surface area contributed by atoms with E-state index in [1.165, 1.54) is 6.42 Å². The van der Waals surface area contributed by atoms with Gasteiger partial charge in [0.05, 0.1) is 11.3 Å². The van der Waals surface area contributed by atoms with Gasteiger partial charge in [-0.2, -0.15) is 0 Å². The number of aromatic nitrogens is 1. The summed E-state index contributed by atoms with van der Waals surface area (Å²) in [5.41, 5.74) is 1.75. The lowest BCUT2D eigenvalue weighted by Crippen LogP contribution is -2.24. The summed E-state index contributed by atoms with van der Waals surface area (Å²) in [6, 6.07) is 7.53. The maximum absolute atomic E-state index is 12.7. The van der Waals surface area contributed by atoms with Crippen LogP contribution in [0.25, 0.3) is 16.1 Å². The number of ketones is 1. The van der Waals surface area contributed by atoms with Crippen LogP contribution in [0.15, 0.2) is 30.0 Å². The number of carbonyl (C=O) groups excluding carboxylic acids is 1. The Balaban J connectivity index is 1.76. The van der Waals surface area contributed by atoms with Crippen LogP contribution >= 0.6 is 22.9 Å². The van der Waals surface area contributed by atoms with Crippen molar-refractivity contribution in [3.63, 3.8) is 0 Å². The highest BCUT2D eigenvalue weighted by Crippen LogP contribution is 2.52. The third kappa shape index (κ3) is 2.81. The summed E-state index contributed by atoms with van der Waals surface area (Å²) in [4.78, 5) is 18.4. The van der Waals surface area contributed by atoms with Gasteiger partial charge in [0.2, 0.25) is 0 Å². The first kappa shape index (κ1) is 16.8. The number of benzene rings is 1. The molecule has 0 aliphatic heterocycles. The molecule has 0 saturated heterocycles. The minimum atomic E-state index is -0.332. The summed E-state index contributed by atoms with van der Waals surface area (Å²) in [6.45, 7) is 1.96. The number of nitrogens with zero attached hydrogens (tertiary/aromatic N) is 1. The number of hydrogen-bond donors (Lipinski definition) is 1. The number of allylic oxidation sites excluding steroid dienone is 2. The molecule has 5 heteroatoms. The molecule has 2 aromatic rings. The fraction of sp³-hybridized carbons (Fsp3) is 0.400. The zero-order chi connectivity index (χ0) is 17.6. The molecule has 1 spiro atoms. The van der Waals surface area contributed by atoms with Crippen molar-refractivity contribution in [1.82, 2.24) is 4.98 Å². The highest BCUT2D eigenvalue weighted by Gasteiger charge is 2.47. The number of Topliss-reactive ketones (excluding diaryl/α,β-unsaturated/α-hetero) is 1. The molecule has 1 saturated carbocycles. The molecule has 1 aromatic carbocycles. The second-order valence-corrected chi connectivity index (χ2v) is 8.73. The lowest BCUT2D eigenvalue weighted by atomic mass is 9.72. The minimum absolute atomic E-state index is 0.0375. The van der Waals surface area contributed by atoms with Crippen LogP contribution in [-0.4, -0.2) is 15.9 Å². The first-order valence-electron chi connectivity index (χ1n) is 8.71. The Morgan fingerprint density at radius 3 is 2.52 bits per heavy atom. The lowest BCUT2D eigenvalue weighted by Gasteiger charge is -2.32. The van der Waals surface area contributed by atoms with Gasteiger partial charge in [-0.1, -0.05) is 43.0 Å². The molecule has 0 amide bonds. The zero-order valence-electron chi connectivity index (χ0n) is 14.1. The summed E-state index contributed by atoms with van der Waals surface area (Å²) in [5, 5.41) is 12.5. The van der Waals surface area contributed by atoms with E-state index in [0.29, 0.717) is 22.7 Å². The maximum atomic E-state index is 12.7. The van der Waals surface area contributed by atoms with Crippen LogP contribution < -0.4 is 0 Å². The number of halogens is 1. The largest absolute Gasteiger partial charge is 0.511 e. The minimum Gasteiger partial charge on any atom is -0.511 e. The van der Waals surface area contributed by atoms with E-state index in [2.05, 4.69) is 0 Å². The Morgan fingerprint density at radius 2 is 1.84 bits per heavy atom. The number of aliphatic hydroxyl groups excluding tert-OH is 1. The summed E-state index contributed by atoms with van der Waals surface area (Å²) in [5.74, 6) is 0.323. The molecule has 25 heavy (non-hydrogen) atoms. The Kier molecular flexibility index (Phi) is 4.20. The van der Waals surface area contributed by atoms with Crippen LogP contribution in [0.4, 0.5) is 0 Å². The van der Waals surface area contributed by atoms with E-state index in [9.17, 15) is 9.90 Å². The van der Waals surface area contributed by atoms with E-state index in [0.717, 1.165) is 41.1 Å². The van der Waals surface area contributed by atoms with Gasteiger partial charge in [0.1, 0.15) is 10.8 Å². The van der Waals surface area contributed by atoms with E-state index in [1.807, 2.05) is 31.2 Å². The number of carbonyl (C=O) groups is 1. The van der Waals surface area contributed by atoms with Crippen molar-refractivity contribution in [3.05, 3.63) is 45.6 Å². The predicted molar refractivity (Wildman–Crippen MR) is 102 cm³/mol. The van der Waals surface area contributed by atoms with E-state index < -0.39 is 0 Å². The quantitative estimate of drug-likeness (QED) is 0.706. The van der Waals surface area contributed by atoms with Crippen molar-refractivity contribution >= 4 is 34.3 Å². The highest BCUT2D eigenvalue weighted by atomic mass is 35.5. The Morgan fingerprint density at radius 1 is 1.16 bits per heavy atom. The van der Waals surface area contributed by atoms with E-state index >= 15 is 0 Å². The van der Waals surface area contributed by atoms with Crippen LogP contribution in [0, 0.1) is 12.3 Å². The van der Waals surface area contributed by atoms with Gasteiger partial charge in [0, 0.05) is 27.3 Å². The van der Waals surface area contributed by atoms with Crippen molar-refractivity contribution in [3.8, 4) is 10.6 Å². The number of thiazole rings is 1. The summed E-state index contributed by atoms with van der Waals surface area (Å²) in [7, 11) is 0. The van der Waals surface area contributed by atoms with Gasteiger partial charge in [-0.15, -0.1) is 11.3 Å². The first-order valence-corrected chi connectivity index (χ1v) is 9.90. The Hall–Kier alpha value is -1.65. The van der Waals surface area contributed by atoms with Gasteiger partial charge >= 0.3 is 0 Å². The fourth-order valence-electron chi connectivity index (χ4n) is 4.11. The zero-order valence-corrected chi connectivity index (χ0v) is 15.7. The molecule has 0 unspecified atom stereocenters. The van der Waals surface area contributed by atoms with E-state index in [-0.39, 0.29) is 17.0 Å². The summed E-state index contributed by atoms with van der Waals surface area (Å²) >= 11 is 7.51. The Labute approximate surface area is 156 Å². The van der Waals surface area contributed by atoms with Gasteiger partial charge in [0.15, 0.2) is 5.78 Å². The number of hydrogen-bond acceptors (Lipinski definition) is 4. The third-order valence-electron chi connectivity index (χ3n) is 5.45. The standard InChI is InChI=1S/C20H20ClNO2S/c1-12-17(22-19(25-12)13-5-7-14(21)8-6-13)16-15(23)11-20(18(16)24)9-3-2-4-10-20/h5-8,24H,2-4,9-11H2,1H3. The third-order valence-corrected chi connectivity index (χ3v) is 6.72. The van der Waals surface area contributed by atoms with Crippen molar-refractivity contribution in [1.29, 1.82) is 0 Å². The number of rotatable bonds is 2. The van der Waals surface area contributed by atoms with E-state index in [4.69, 9.17) is 16.6 Å². The second kappa shape index (κ2) is 6.26. The van der Waals surface area contributed by atoms with Crippen molar-refractivity contribution in [2.75, 3.05) is 0 Å². The molecule has 1 aromatic heterocycles. The first-order chi connectivity index (χ1) is 12.0. The lowest BCUT2D eigenvalue weighted by molar-refractivity contribution is -0.114. The monoisotopic (exact) mass is 373 g/mol. The average Bonchev–Trinajstić information content (AvgIpc) is 3.07. The summed E-state index contributed by atoms with van der Waals surface area (Å²) in [6.07, 6.45) is 5.59. The molecule has 1 N–H and O–H groups in total. The van der Waals surface area contributed by atoms with Crippen molar-refractivity contribution < 1.29 is 9.90 Å². The van der Waals surface area contributed by atoms with Crippen LogP contribution in [0.1, 0.15) is 49.1 Å². The molecule has 1 heterocycles. The van der Waals surface area contributed by atoms with Crippen LogP contribution in [0.2, 0.25) is 5.02 Å². The predicted octanol–water partition coefficient (Wildman–Crippen LogP) is 5.96. The van der Waals surface area contributed by atoms with Gasteiger partial charge < -0.3 is 5.11 Å². The van der Waals surface area contributed by atoms with Gasteiger partial charge in [-0.25, -0.2) is 4.98 Å². The fourth-order valence-corrected chi connectivity index (χ4v) is 5.16. The smallest absolute Gasteiger partial charge is 0.169 e. The van der Waals surface area contributed by atoms with Crippen LogP contribution in [0.3, 0.4) is 0 Å². The average molecular weight is 374 g/mol. The summed E-state index contributed by atoms with van der Waals surface area (Å²) < 4.78 is 0. The van der Waals surface area contributed by atoms with Crippen molar-refractivity contribution in [2.45, 2.75) is 45.4 Å². The number of aryl methyl sites for hydroxylation is 1. The van der Waals surface area contributed by atoms with E-state index in [1.54, 1.807) is 11.3 Å². The molecule has 4 rings (SSSR count).